The van der Waals surface area contributed by atoms with E-state index in [9.17, 15) is 14.4 Å². The molecule has 0 saturated carbocycles. The van der Waals surface area contributed by atoms with Crippen LogP contribution in [-0.2, 0) is 19.1 Å². The van der Waals surface area contributed by atoms with Gasteiger partial charge in [-0.1, -0.05) is 44.6 Å². The maximum absolute atomic E-state index is 12.5. The minimum Gasteiger partial charge on any atom is -0.454 e. The van der Waals surface area contributed by atoms with E-state index >= 15 is 0 Å². The van der Waals surface area contributed by atoms with Crippen LogP contribution in [-0.4, -0.2) is 23.6 Å². The molecule has 2 rings (SSSR count). The zero-order valence-corrected chi connectivity index (χ0v) is 14.9. The lowest BCUT2D eigenvalue weighted by Crippen LogP contribution is -2.29. The number of rotatable bonds is 1. The fourth-order valence-electron chi connectivity index (χ4n) is 3.13. The normalized spacial score (nSPS) is 32.7. The summed E-state index contributed by atoms with van der Waals surface area (Å²) in [5.41, 5.74) is 1.34. The molecule has 130 valence electrons. The highest BCUT2D eigenvalue weighted by Crippen LogP contribution is 2.31. The topological polar surface area (TPSA) is 60.4 Å². The summed E-state index contributed by atoms with van der Waals surface area (Å²) in [5.74, 6) is -0.344. The molecule has 4 heteroatoms. The van der Waals surface area contributed by atoms with Crippen LogP contribution in [0.4, 0.5) is 0 Å². The molecule has 3 atom stereocenters. The Labute approximate surface area is 143 Å². The molecule has 0 spiro atoms. The molecular weight excluding hydrogens is 304 g/mol. The van der Waals surface area contributed by atoms with Crippen molar-refractivity contribution < 1.29 is 19.1 Å². The Morgan fingerprint density at radius 2 is 1.88 bits per heavy atom. The number of Topliss-reactive ketones (excluding diaryl/α,β-unsaturated/α-hetero) is 2. The zero-order chi connectivity index (χ0) is 17.9. The second-order valence-corrected chi connectivity index (χ2v) is 7.22. The van der Waals surface area contributed by atoms with Gasteiger partial charge in [0.1, 0.15) is 17.7 Å². The average molecular weight is 330 g/mol. The van der Waals surface area contributed by atoms with Crippen molar-refractivity contribution in [3.63, 3.8) is 0 Å². The van der Waals surface area contributed by atoms with E-state index in [0.29, 0.717) is 18.4 Å². The third kappa shape index (κ3) is 4.53. The highest BCUT2D eigenvalue weighted by Gasteiger charge is 2.35. The van der Waals surface area contributed by atoms with Crippen molar-refractivity contribution >= 4 is 17.5 Å². The predicted molar refractivity (Wildman–Crippen MR) is 92.2 cm³/mol. The Morgan fingerprint density at radius 1 is 1.17 bits per heavy atom. The molecule has 2 aliphatic rings. The van der Waals surface area contributed by atoms with Crippen molar-refractivity contribution in [2.45, 2.75) is 53.1 Å². The molecule has 0 radical (unpaired) electrons. The van der Waals surface area contributed by atoms with Gasteiger partial charge in [-0.2, -0.15) is 0 Å². The van der Waals surface area contributed by atoms with E-state index < -0.39 is 12.1 Å². The molecule has 0 N–H and O–H groups in total. The molecule has 24 heavy (non-hydrogen) atoms. The smallest absolute Gasteiger partial charge is 0.334 e. The Bertz CT molecular complexity index is 622. The van der Waals surface area contributed by atoms with Gasteiger partial charge in [-0.15, -0.1) is 0 Å². The fourth-order valence-corrected chi connectivity index (χ4v) is 3.13. The van der Waals surface area contributed by atoms with Crippen LogP contribution in [0, 0.1) is 17.8 Å². The van der Waals surface area contributed by atoms with Crippen molar-refractivity contribution in [1.29, 1.82) is 0 Å². The summed E-state index contributed by atoms with van der Waals surface area (Å²) < 4.78 is 5.46. The standard InChI is InChI=1S/C20H26O4/c1-12(2)17-11-18(22)14(4)7-5-6-13(3)8-16(21)9-15-10-19(17)24-20(15)23/h5-7,10,12,14,17,19H,8-9,11H2,1-4H3/b7-5+,13-6-/t14-,17+,19+/m0/s1. The second-order valence-electron chi connectivity index (χ2n) is 7.22. The lowest BCUT2D eigenvalue weighted by Gasteiger charge is -2.25. The van der Waals surface area contributed by atoms with Crippen molar-refractivity contribution in [3.8, 4) is 0 Å². The minimum absolute atomic E-state index is 0.00304. The molecule has 2 bridgehead atoms. The van der Waals surface area contributed by atoms with Gasteiger partial charge < -0.3 is 4.74 Å². The van der Waals surface area contributed by atoms with Crippen molar-refractivity contribution in [2.24, 2.45) is 17.8 Å². The maximum atomic E-state index is 12.5. The zero-order valence-electron chi connectivity index (χ0n) is 14.9. The van der Waals surface area contributed by atoms with Gasteiger partial charge in [0.25, 0.3) is 0 Å². The number of ether oxygens (including phenoxy) is 1. The molecule has 4 nitrogen and oxygen atoms in total. The van der Waals surface area contributed by atoms with E-state index in [2.05, 4.69) is 0 Å². The van der Waals surface area contributed by atoms with Gasteiger partial charge in [0.15, 0.2) is 0 Å². The number of hydrogen-bond acceptors (Lipinski definition) is 4. The summed E-state index contributed by atoms with van der Waals surface area (Å²) in [6.07, 6.45) is 7.66. The van der Waals surface area contributed by atoms with Crippen LogP contribution in [0.15, 0.2) is 35.5 Å². The molecule has 0 fully saturated rings. The maximum Gasteiger partial charge on any atom is 0.334 e. The molecule has 0 saturated heterocycles. The Kier molecular flexibility index (Phi) is 5.92. The second kappa shape index (κ2) is 7.73. The summed E-state index contributed by atoms with van der Waals surface area (Å²) in [6, 6.07) is 0. The highest BCUT2D eigenvalue weighted by molar-refractivity contribution is 5.98. The molecule has 0 amide bonds. The lowest BCUT2D eigenvalue weighted by atomic mass is 9.83. The highest BCUT2D eigenvalue weighted by atomic mass is 16.5. The molecule has 0 aromatic heterocycles. The predicted octanol–water partition coefficient (Wildman–Crippen LogP) is 3.57. The molecule has 0 aromatic carbocycles. The van der Waals surface area contributed by atoms with Crippen LogP contribution in [0.1, 0.15) is 47.0 Å². The van der Waals surface area contributed by atoms with Crippen molar-refractivity contribution in [3.05, 3.63) is 35.5 Å². The van der Waals surface area contributed by atoms with Crippen LogP contribution in [0.3, 0.4) is 0 Å². The van der Waals surface area contributed by atoms with E-state index in [0.717, 1.165) is 5.57 Å². The number of allylic oxidation sites excluding steroid dienone is 4. The number of hydrogen-bond donors (Lipinski definition) is 0. The van der Waals surface area contributed by atoms with Gasteiger partial charge in [-0.25, -0.2) is 4.79 Å². The Balaban J connectivity index is 2.34. The minimum atomic E-state index is -0.422. The van der Waals surface area contributed by atoms with Crippen LogP contribution in [0.2, 0.25) is 0 Å². The first-order valence-electron chi connectivity index (χ1n) is 8.58. The van der Waals surface area contributed by atoms with Gasteiger partial charge in [0.2, 0.25) is 0 Å². The number of carbonyl (C=O) groups excluding carboxylic acids is 3. The lowest BCUT2D eigenvalue weighted by molar-refractivity contribution is -0.143. The monoisotopic (exact) mass is 330 g/mol. The van der Waals surface area contributed by atoms with Gasteiger partial charge in [0, 0.05) is 36.7 Å². The summed E-state index contributed by atoms with van der Waals surface area (Å²) >= 11 is 0. The van der Waals surface area contributed by atoms with Crippen LogP contribution >= 0.6 is 0 Å². The molecule has 1 aliphatic heterocycles. The molecule has 1 heterocycles. The van der Waals surface area contributed by atoms with Gasteiger partial charge in [0.05, 0.1) is 0 Å². The largest absolute Gasteiger partial charge is 0.454 e. The Morgan fingerprint density at radius 3 is 2.54 bits per heavy atom. The van der Waals surface area contributed by atoms with E-state index in [1.165, 1.54) is 0 Å². The van der Waals surface area contributed by atoms with Gasteiger partial charge in [-0.3, -0.25) is 9.59 Å². The van der Waals surface area contributed by atoms with Crippen molar-refractivity contribution in [1.82, 2.24) is 0 Å². The van der Waals surface area contributed by atoms with E-state index in [4.69, 9.17) is 4.74 Å². The van der Waals surface area contributed by atoms with Crippen LogP contribution in [0.25, 0.3) is 0 Å². The van der Waals surface area contributed by atoms with E-state index in [1.807, 2.05) is 45.9 Å². The fraction of sp³-hybridized carbons (Fsp3) is 0.550. The number of carbonyl (C=O) groups is 3. The summed E-state index contributed by atoms with van der Waals surface area (Å²) in [6.45, 7) is 7.80. The summed E-state index contributed by atoms with van der Waals surface area (Å²) in [5, 5.41) is 0. The van der Waals surface area contributed by atoms with Crippen LogP contribution in [0.5, 0.6) is 0 Å². The SMILES string of the molecule is C/C1=C/C=C/[C@H](C)C(=O)C[C@H](C(C)C)[C@H]2C=C(CC(=O)C1)C(=O)O2. The van der Waals surface area contributed by atoms with Gasteiger partial charge >= 0.3 is 5.97 Å². The molecule has 0 aromatic rings. The molecule has 1 aliphatic carbocycles. The number of ketones is 2. The third-order valence-corrected chi connectivity index (χ3v) is 4.74. The first kappa shape index (κ1) is 18.4. The van der Waals surface area contributed by atoms with E-state index in [-0.39, 0.29) is 35.7 Å². The first-order chi connectivity index (χ1) is 11.3. The average Bonchev–Trinajstić information content (AvgIpc) is 2.83. The molecule has 0 unspecified atom stereocenters. The number of fused-ring (bicyclic) bond motifs is 1. The van der Waals surface area contributed by atoms with Gasteiger partial charge in [-0.05, 0) is 18.9 Å². The third-order valence-electron chi connectivity index (χ3n) is 4.74. The summed E-state index contributed by atoms with van der Waals surface area (Å²) in [4.78, 5) is 36.7. The first-order valence-corrected chi connectivity index (χ1v) is 8.58. The van der Waals surface area contributed by atoms with Crippen molar-refractivity contribution in [2.75, 3.05) is 0 Å². The molecular formula is C20H26O4. The Hall–Kier alpha value is -1.97. The van der Waals surface area contributed by atoms with Crippen LogP contribution < -0.4 is 0 Å². The van der Waals surface area contributed by atoms with E-state index in [1.54, 1.807) is 6.08 Å². The summed E-state index contributed by atoms with van der Waals surface area (Å²) in [7, 11) is 0. The number of esters is 1. The quantitative estimate of drug-likeness (QED) is 0.690.